The molecule has 2 rings (SSSR count). The Morgan fingerprint density at radius 1 is 1.15 bits per heavy atom. The molecule has 1 aromatic rings. The summed E-state index contributed by atoms with van der Waals surface area (Å²) in [6, 6.07) is 8.99. The monoisotopic (exact) mass is 276 g/mol. The predicted molar refractivity (Wildman–Crippen MR) is 75.7 cm³/mol. The molecule has 1 aromatic carbocycles. The molecule has 0 bridgehead atoms. The highest BCUT2D eigenvalue weighted by atomic mass is 16.2. The van der Waals surface area contributed by atoms with E-state index in [-0.39, 0.29) is 24.4 Å². The van der Waals surface area contributed by atoms with E-state index in [9.17, 15) is 9.59 Å². The van der Waals surface area contributed by atoms with E-state index in [1.54, 1.807) is 24.3 Å². The minimum Gasteiger partial charge on any atom is -0.328 e. The summed E-state index contributed by atoms with van der Waals surface area (Å²) in [6.45, 7) is 1.92. The van der Waals surface area contributed by atoms with Gasteiger partial charge < -0.3 is 5.73 Å². The highest BCUT2D eigenvalue weighted by Crippen LogP contribution is 2.07. The number of benzene rings is 1. The van der Waals surface area contributed by atoms with E-state index < -0.39 is 0 Å². The van der Waals surface area contributed by atoms with Crippen LogP contribution in [-0.2, 0) is 4.79 Å². The number of hydrazine groups is 1. The van der Waals surface area contributed by atoms with Crippen molar-refractivity contribution in [2.24, 2.45) is 5.73 Å². The minimum absolute atomic E-state index is 0.218. The van der Waals surface area contributed by atoms with E-state index in [0.717, 1.165) is 25.9 Å². The molecule has 0 saturated carbocycles. The van der Waals surface area contributed by atoms with Crippen LogP contribution in [-0.4, -0.2) is 42.4 Å². The molecule has 1 fully saturated rings. The second-order valence-corrected chi connectivity index (χ2v) is 4.98. The highest BCUT2D eigenvalue weighted by Gasteiger charge is 2.18. The van der Waals surface area contributed by atoms with Crippen LogP contribution in [0.15, 0.2) is 30.3 Å². The predicted octanol–water partition coefficient (Wildman–Crippen LogP) is -0.129. The number of amides is 2. The highest BCUT2D eigenvalue weighted by molar-refractivity contribution is 5.95. The number of rotatable bonds is 3. The second-order valence-electron chi connectivity index (χ2n) is 4.98. The van der Waals surface area contributed by atoms with Gasteiger partial charge in [-0.1, -0.05) is 18.2 Å². The van der Waals surface area contributed by atoms with Crippen molar-refractivity contribution in [1.29, 1.82) is 0 Å². The Bertz CT molecular complexity index is 456. The first-order chi connectivity index (χ1) is 9.65. The van der Waals surface area contributed by atoms with Crippen molar-refractivity contribution >= 4 is 11.8 Å². The zero-order chi connectivity index (χ0) is 14.4. The third-order valence-electron chi connectivity index (χ3n) is 3.35. The fourth-order valence-electron chi connectivity index (χ4n) is 2.14. The molecule has 1 aliphatic rings. The van der Waals surface area contributed by atoms with E-state index >= 15 is 0 Å². The van der Waals surface area contributed by atoms with Crippen molar-refractivity contribution in [3.05, 3.63) is 35.9 Å². The third kappa shape index (κ3) is 4.32. The average Bonchev–Trinajstić information content (AvgIpc) is 2.48. The molecule has 1 aliphatic heterocycles. The lowest BCUT2D eigenvalue weighted by Crippen LogP contribution is -2.49. The van der Waals surface area contributed by atoms with E-state index in [0.29, 0.717) is 5.56 Å². The van der Waals surface area contributed by atoms with Gasteiger partial charge in [0.1, 0.15) is 0 Å². The number of nitrogens with two attached hydrogens (primary N) is 1. The van der Waals surface area contributed by atoms with Crippen LogP contribution in [0.5, 0.6) is 0 Å². The molecule has 108 valence electrons. The molecular formula is C14H20N4O2. The van der Waals surface area contributed by atoms with Gasteiger partial charge in [0.15, 0.2) is 0 Å². The van der Waals surface area contributed by atoms with Crippen molar-refractivity contribution in [3.63, 3.8) is 0 Å². The van der Waals surface area contributed by atoms with Crippen LogP contribution in [0.25, 0.3) is 0 Å². The van der Waals surface area contributed by atoms with E-state index in [2.05, 4.69) is 10.9 Å². The third-order valence-corrected chi connectivity index (χ3v) is 3.35. The maximum Gasteiger partial charge on any atom is 0.269 e. The van der Waals surface area contributed by atoms with Crippen LogP contribution in [0, 0.1) is 0 Å². The Labute approximate surface area is 118 Å². The maximum atomic E-state index is 11.7. The van der Waals surface area contributed by atoms with Gasteiger partial charge in [0.2, 0.25) is 0 Å². The molecule has 0 spiro atoms. The molecule has 0 aromatic heterocycles. The van der Waals surface area contributed by atoms with Gasteiger partial charge >= 0.3 is 0 Å². The standard InChI is InChI=1S/C14H20N4O2/c15-12-6-8-18(9-7-12)10-13(19)16-17-14(20)11-4-2-1-3-5-11/h1-5,12H,6-10,15H2,(H,16,19)(H,17,20). The topological polar surface area (TPSA) is 87.5 Å². The summed E-state index contributed by atoms with van der Waals surface area (Å²) in [5.41, 5.74) is 11.2. The van der Waals surface area contributed by atoms with Gasteiger partial charge in [-0.25, -0.2) is 0 Å². The quantitative estimate of drug-likeness (QED) is 0.671. The molecule has 1 heterocycles. The zero-order valence-corrected chi connectivity index (χ0v) is 11.3. The number of likely N-dealkylation sites (tertiary alicyclic amines) is 1. The molecule has 2 amide bonds. The van der Waals surface area contributed by atoms with Crippen LogP contribution >= 0.6 is 0 Å². The molecule has 4 N–H and O–H groups in total. The Morgan fingerprint density at radius 3 is 2.45 bits per heavy atom. The lowest BCUT2D eigenvalue weighted by atomic mass is 10.1. The maximum absolute atomic E-state index is 11.7. The summed E-state index contributed by atoms with van der Waals surface area (Å²) in [5, 5.41) is 0. The van der Waals surface area contributed by atoms with Gasteiger partial charge in [-0.3, -0.25) is 25.3 Å². The summed E-state index contributed by atoms with van der Waals surface area (Å²) in [7, 11) is 0. The van der Waals surface area contributed by atoms with Crippen molar-refractivity contribution in [1.82, 2.24) is 15.8 Å². The van der Waals surface area contributed by atoms with Crippen LogP contribution in [0.4, 0.5) is 0 Å². The average molecular weight is 276 g/mol. The number of nitrogens with zero attached hydrogens (tertiary/aromatic N) is 1. The zero-order valence-electron chi connectivity index (χ0n) is 11.3. The second kappa shape index (κ2) is 7.02. The fraction of sp³-hybridized carbons (Fsp3) is 0.429. The largest absolute Gasteiger partial charge is 0.328 e. The van der Waals surface area contributed by atoms with Crippen LogP contribution in [0.2, 0.25) is 0 Å². The first-order valence-electron chi connectivity index (χ1n) is 6.77. The lowest BCUT2D eigenvalue weighted by molar-refractivity contribution is -0.123. The first-order valence-corrected chi connectivity index (χ1v) is 6.77. The van der Waals surface area contributed by atoms with Gasteiger partial charge in [-0.2, -0.15) is 0 Å². The lowest BCUT2D eigenvalue weighted by Gasteiger charge is -2.29. The summed E-state index contributed by atoms with van der Waals surface area (Å²) < 4.78 is 0. The molecule has 0 atom stereocenters. The van der Waals surface area contributed by atoms with E-state index in [1.807, 2.05) is 11.0 Å². The first kappa shape index (κ1) is 14.5. The molecule has 0 unspecified atom stereocenters. The molecule has 0 aliphatic carbocycles. The van der Waals surface area contributed by atoms with Gasteiger partial charge in [0.25, 0.3) is 11.8 Å². The van der Waals surface area contributed by atoms with Crippen LogP contribution in [0.1, 0.15) is 23.2 Å². The summed E-state index contributed by atoms with van der Waals surface area (Å²) in [4.78, 5) is 25.5. The Balaban J connectivity index is 1.71. The van der Waals surface area contributed by atoms with Gasteiger partial charge in [0, 0.05) is 24.7 Å². The van der Waals surface area contributed by atoms with Gasteiger partial charge in [0.05, 0.1) is 6.54 Å². The number of hydrogen-bond donors (Lipinski definition) is 3. The number of nitrogens with one attached hydrogen (secondary N) is 2. The van der Waals surface area contributed by atoms with Crippen molar-refractivity contribution in [2.45, 2.75) is 18.9 Å². The molecule has 20 heavy (non-hydrogen) atoms. The molecule has 6 heteroatoms. The Hall–Kier alpha value is -1.92. The van der Waals surface area contributed by atoms with Crippen molar-refractivity contribution in [2.75, 3.05) is 19.6 Å². The van der Waals surface area contributed by atoms with Crippen molar-refractivity contribution < 1.29 is 9.59 Å². The van der Waals surface area contributed by atoms with E-state index in [4.69, 9.17) is 5.73 Å². The molecule has 6 nitrogen and oxygen atoms in total. The molecular weight excluding hydrogens is 256 g/mol. The summed E-state index contributed by atoms with van der Waals surface area (Å²) >= 11 is 0. The summed E-state index contributed by atoms with van der Waals surface area (Å²) in [5.74, 6) is -0.538. The normalized spacial score (nSPS) is 16.6. The number of piperidine rings is 1. The van der Waals surface area contributed by atoms with Gasteiger partial charge in [-0.15, -0.1) is 0 Å². The molecule has 1 saturated heterocycles. The number of carbonyl (C=O) groups excluding carboxylic acids is 2. The van der Waals surface area contributed by atoms with E-state index in [1.165, 1.54) is 0 Å². The van der Waals surface area contributed by atoms with Crippen LogP contribution in [0.3, 0.4) is 0 Å². The van der Waals surface area contributed by atoms with Crippen LogP contribution < -0.4 is 16.6 Å². The number of carbonyl (C=O) groups is 2. The van der Waals surface area contributed by atoms with Crippen molar-refractivity contribution in [3.8, 4) is 0 Å². The Morgan fingerprint density at radius 2 is 1.80 bits per heavy atom. The van der Waals surface area contributed by atoms with Gasteiger partial charge in [-0.05, 0) is 25.0 Å². The SMILES string of the molecule is NC1CCN(CC(=O)NNC(=O)c2ccccc2)CC1. The molecule has 0 radical (unpaired) electrons. The fourth-order valence-corrected chi connectivity index (χ4v) is 2.14. The number of hydrogen-bond acceptors (Lipinski definition) is 4. The summed E-state index contributed by atoms with van der Waals surface area (Å²) in [6.07, 6.45) is 1.81. The smallest absolute Gasteiger partial charge is 0.269 e. The Kier molecular flexibility index (Phi) is 5.09. The minimum atomic E-state index is -0.320.